The molecule has 0 aromatic carbocycles. The van der Waals surface area contributed by atoms with Gasteiger partial charge in [-0.3, -0.25) is 4.79 Å². The fourth-order valence-electron chi connectivity index (χ4n) is 1.36. The van der Waals surface area contributed by atoms with Gasteiger partial charge in [-0.15, -0.1) is 0 Å². The Morgan fingerprint density at radius 3 is 3.07 bits per heavy atom. The number of primary amides is 1. The third-order valence-corrected chi connectivity index (χ3v) is 2.34. The van der Waals surface area contributed by atoms with Crippen LogP contribution in [0.4, 0.5) is 0 Å². The zero-order valence-corrected chi connectivity index (χ0v) is 7.84. The van der Waals surface area contributed by atoms with Crippen molar-refractivity contribution in [1.29, 1.82) is 0 Å². The maximum absolute atomic E-state index is 11.0. The number of amides is 1. The second-order valence-corrected chi connectivity index (χ2v) is 3.28. The topological polar surface area (TPSA) is 60.4 Å². The molecule has 2 aromatic rings. The van der Waals surface area contributed by atoms with Gasteiger partial charge in [0.2, 0.25) is 5.91 Å². The molecule has 0 saturated heterocycles. The molecule has 2 aromatic heterocycles. The number of hydrogen-bond acceptors (Lipinski definition) is 2. The molecule has 0 radical (unpaired) electrons. The van der Waals surface area contributed by atoms with E-state index in [-0.39, 0.29) is 11.8 Å². The Bertz CT molecular complexity index is 475. The number of pyridine rings is 1. The van der Waals surface area contributed by atoms with E-state index < -0.39 is 0 Å². The van der Waals surface area contributed by atoms with E-state index in [1.807, 2.05) is 28.9 Å². The summed E-state index contributed by atoms with van der Waals surface area (Å²) in [5.41, 5.74) is 7.00. The molecular weight excluding hydrogens is 178 g/mol. The maximum atomic E-state index is 11.0. The first-order valence-electron chi connectivity index (χ1n) is 4.40. The van der Waals surface area contributed by atoms with Crippen LogP contribution in [0.2, 0.25) is 0 Å². The summed E-state index contributed by atoms with van der Waals surface area (Å²) in [6.07, 6.45) is 5.43. The number of rotatable bonds is 2. The van der Waals surface area contributed by atoms with Crippen molar-refractivity contribution in [3.63, 3.8) is 0 Å². The summed E-state index contributed by atoms with van der Waals surface area (Å²) in [7, 11) is 0. The quantitative estimate of drug-likeness (QED) is 0.763. The Morgan fingerprint density at radius 2 is 2.36 bits per heavy atom. The van der Waals surface area contributed by atoms with Crippen LogP contribution in [-0.4, -0.2) is 15.3 Å². The molecule has 0 spiro atoms. The summed E-state index contributed by atoms with van der Waals surface area (Å²) < 4.78 is 1.87. The summed E-state index contributed by atoms with van der Waals surface area (Å²) in [5.74, 6) is -0.578. The third-order valence-electron chi connectivity index (χ3n) is 2.34. The van der Waals surface area contributed by atoms with Gasteiger partial charge >= 0.3 is 0 Å². The van der Waals surface area contributed by atoms with Gasteiger partial charge in [0.15, 0.2) is 0 Å². The maximum Gasteiger partial charge on any atom is 0.224 e. The van der Waals surface area contributed by atoms with Crippen molar-refractivity contribution >= 4 is 11.6 Å². The fraction of sp³-hybridized carbons (Fsp3) is 0.200. The minimum absolute atomic E-state index is 0.262. The van der Waals surface area contributed by atoms with Crippen molar-refractivity contribution in [3.05, 3.63) is 36.3 Å². The highest BCUT2D eigenvalue weighted by Crippen LogP contribution is 2.15. The smallest absolute Gasteiger partial charge is 0.224 e. The Morgan fingerprint density at radius 1 is 1.57 bits per heavy atom. The predicted molar refractivity (Wildman–Crippen MR) is 52.8 cm³/mol. The molecule has 2 N–H and O–H groups in total. The van der Waals surface area contributed by atoms with Gasteiger partial charge in [0.05, 0.1) is 5.92 Å². The number of hydrogen-bond donors (Lipinski definition) is 1. The van der Waals surface area contributed by atoms with Gasteiger partial charge in [0, 0.05) is 18.6 Å². The molecule has 0 aliphatic heterocycles. The number of nitrogens with two attached hydrogens (primary N) is 1. The summed E-state index contributed by atoms with van der Waals surface area (Å²) in [4.78, 5) is 15.1. The highest BCUT2D eigenvalue weighted by molar-refractivity contribution is 5.81. The van der Waals surface area contributed by atoms with Crippen LogP contribution in [0.3, 0.4) is 0 Å². The second kappa shape index (κ2) is 3.14. The molecule has 0 saturated carbocycles. The number of fused-ring (bicyclic) bond motifs is 1. The lowest BCUT2D eigenvalue weighted by Crippen LogP contribution is -2.18. The van der Waals surface area contributed by atoms with Gasteiger partial charge in [-0.1, -0.05) is 6.07 Å². The van der Waals surface area contributed by atoms with Crippen LogP contribution in [0.15, 0.2) is 30.7 Å². The lowest BCUT2D eigenvalue weighted by atomic mass is 10.0. The number of aromatic nitrogens is 2. The fourth-order valence-corrected chi connectivity index (χ4v) is 1.36. The van der Waals surface area contributed by atoms with Crippen LogP contribution in [0.1, 0.15) is 18.4 Å². The average Bonchev–Trinajstić information content (AvgIpc) is 2.62. The minimum atomic E-state index is -0.315. The first-order chi connectivity index (χ1) is 6.68. The molecule has 4 heteroatoms. The van der Waals surface area contributed by atoms with Crippen LogP contribution in [0, 0.1) is 0 Å². The van der Waals surface area contributed by atoms with Crippen molar-refractivity contribution < 1.29 is 4.79 Å². The third kappa shape index (κ3) is 1.35. The van der Waals surface area contributed by atoms with E-state index in [2.05, 4.69) is 4.98 Å². The van der Waals surface area contributed by atoms with Crippen LogP contribution in [0.5, 0.6) is 0 Å². The van der Waals surface area contributed by atoms with Crippen molar-refractivity contribution in [1.82, 2.24) is 9.38 Å². The van der Waals surface area contributed by atoms with Gasteiger partial charge in [0.1, 0.15) is 5.65 Å². The second-order valence-electron chi connectivity index (χ2n) is 3.28. The minimum Gasteiger partial charge on any atom is -0.369 e. The average molecular weight is 189 g/mol. The largest absolute Gasteiger partial charge is 0.369 e. The number of imidazole rings is 1. The summed E-state index contributed by atoms with van der Waals surface area (Å²) in [6, 6.07) is 3.74. The molecule has 0 fully saturated rings. The number of nitrogens with zero attached hydrogens (tertiary/aromatic N) is 2. The Balaban J connectivity index is 2.48. The summed E-state index contributed by atoms with van der Waals surface area (Å²) in [6.45, 7) is 1.79. The molecule has 2 heterocycles. The van der Waals surface area contributed by atoms with E-state index in [0.29, 0.717) is 0 Å². The molecule has 1 unspecified atom stereocenters. The Hall–Kier alpha value is -1.84. The van der Waals surface area contributed by atoms with Crippen LogP contribution < -0.4 is 5.73 Å². The zero-order chi connectivity index (χ0) is 10.1. The van der Waals surface area contributed by atoms with Crippen LogP contribution >= 0.6 is 0 Å². The lowest BCUT2D eigenvalue weighted by Gasteiger charge is -2.07. The van der Waals surface area contributed by atoms with Gasteiger partial charge in [-0.05, 0) is 18.6 Å². The van der Waals surface area contributed by atoms with Crippen molar-refractivity contribution in [2.24, 2.45) is 5.73 Å². The molecule has 2 rings (SSSR count). The Labute approximate surface area is 81.4 Å². The Kier molecular flexibility index (Phi) is 1.96. The highest BCUT2D eigenvalue weighted by Gasteiger charge is 2.11. The molecule has 0 aliphatic rings. The van der Waals surface area contributed by atoms with Gasteiger partial charge < -0.3 is 10.1 Å². The summed E-state index contributed by atoms with van der Waals surface area (Å²) >= 11 is 0. The van der Waals surface area contributed by atoms with E-state index in [1.165, 1.54) is 0 Å². The van der Waals surface area contributed by atoms with Gasteiger partial charge in [-0.25, -0.2) is 4.98 Å². The monoisotopic (exact) mass is 189 g/mol. The van der Waals surface area contributed by atoms with E-state index in [0.717, 1.165) is 11.2 Å². The van der Waals surface area contributed by atoms with Crippen molar-refractivity contribution in [2.75, 3.05) is 0 Å². The van der Waals surface area contributed by atoms with E-state index in [1.54, 1.807) is 13.1 Å². The SMILES string of the molecule is CC(C(N)=O)c1ccc2nccn2c1. The number of carbonyl (C=O) groups excluding carboxylic acids is 1. The molecule has 4 nitrogen and oxygen atoms in total. The molecule has 72 valence electrons. The lowest BCUT2D eigenvalue weighted by molar-refractivity contribution is -0.119. The van der Waals surface area contributed by atoms with Crippen LogP contribution in [0.25, 0.3) is 5.65 Å². The predicted octanol–water partition coefficient (Wildman–Crippen LogP) is 0.923. The molecule has 1 atom stereocenters. The highest BCUT2D eigenvalue weighted by atomic mass is 16.1. The van der Waals surface area contributed by atoms with Gasteiger partial charge in [0.25, 0.3) is 0 Å². The van der Waals surface area contributed by atoms with Crippen LogP contribution in [-0.2, 0) is 4.79 Å². The normalized spacial score (nSPS) is 12.9. The zero-order valence-electron chi connectivity index (χ0n) is 7.84. The molecule has 14 heavy (non-hydrogen) atoms. The number of carbonyl (C=O) groups is 1. The molecular formula is C10H11N3O. The van der Waals surface area contributed by atoms with Gasteiger partial charge in [-0.2, -0.15) is 0 Å². The summed E-state index contributed by atoms with van der Waals surface area (Å²) in [5, 5.41) is 0. The van der Waals surface area contributed by atoms with E-state index >= 15 is 0 Å². The van der Waals surface area contributed by atoms with Crippen molar-refractivity contribution in [2.45, 2.75) is 12.8 Å². The van der Waals surface area contributed by atoms with E-state index in [9.17, 15) is 4.79 Å². The first-order valence-corrected chi connectivity index (χ1v) is 4.40. The standard InChI is InChI=1S/C10H11N3O/c1-7(10(11)14)8-2-3-9-12-4-5-13(9)6-8/h2-7H,1H3,(H2,11,14). The molecule has 0 aliphatic carbocycles. The molecule has 0 bridgehead atoms. The van der Waals surface area contributed by atoms with E-state index in [4.69, 9.17) is 5.73 Å². The van der Waals surface area contributed by atoms with Crippen molar-refractivity contribution in [3.8, 4) is 0 Å². The molecule has 1 amide bonds. The first kappa shape index (κ1) is 8.74.